The summed E-state index contributed by atoms with van der Waals surface area (Å²) in [6.45, 7) is 2.02. The van der Waals surface area contributed by atoms with E-state index in [9.17, 15) is 0 Å². The molecular formula is C13H11BrClNO. The van der Waals surface area contributed by atoms with Crippen LogP contribution in [0.2, 0.25) is 5.02 Å². The Kier molecular flexibility index (Phi) is 3.60. The number of ether oxygens (including phenoxy) is 1. The molecule has 0 fully saturated rings. The predicted octanol–water partition coefficient (Wildman–Crippen LogP) is 4.79. The second kappa shape index (κ2) is 4.98. The molecule has 0 bridgehead atoms. The van der Waals surface area contributed by atoms with Crippen molar-refractivity contribution in [2.45, 2.75) is 6.92 Å². The van der Waals surface area contributed by atoms with E-state index in [4.69, 9.17) is 22.1 Å². The highest BCUT2D eigenvalue weighted by Crippen LogP contribution is 2.34. The SMILES string of the molecule is Cc1ccc(Oc2ccc(Cl)cc2N)c(Br)c1. The van der Waals surface area contributed by atoms with E-state index < -0.39 is 0 Å². The third kappa shape index (κ3) is 2.93. The lowest BCUT2D eigenvalue weighted by atomic mass is 10.2. The summed E-state index contributed by atoms with van der Waals surface area (Å²) in [5.74, 6) is 1.32. The summed E-state index contributed by atoms with van der Waals surface area (Å²) in [5.41, 5.74) is 7.50. The van der Waals surface area contributed by atoms with Crippen molar-refractivity contribution in [3.63, 3.8) is 0 Å². The van der Waals surface area contributed by atoms with Gasteiger partial charge in [0.2, 0.25) is 0 Å². The Morgan fingerprint density at radius 3 is 2.47 bits per heavy atom. The summed E-state index contributed by atoms with van der Waals surface area (Å²) in [6.07, 6.45) is 0. The molecule has 0 spiro atoms. The van der Waals surface area contributed by atoms with Gasteiger partial charge in [-0.25, -0.2) is 0 Å². The average Bonchev–Trinajstić information content (AvgIpc) is 2.25. The van der Waals surface area contributed by atoms with Gasteiger partial charge in [0.1, 0.15) is 11.5 Å². The molecule has 2 aromatic rings. The number of hydrogen-bond donors (Lipinski definition) is 1. The van der Waals surface area contributed by atoms with Crippen LogP contribution in [-0.4, -0.2) is 0 Å². The molecular weight excluding hydrogens is 302 g/mol. The zero-order valence-electron chi connectivity index (χ0n) is 9.21. The zero-order valence-corrected chi connectivity index (χ0v) is 11.5. The highest BCUT2D eigenvalue weighted by atomic mass is 79.9. The minimum absolute atomic E-state index is 0.518. The van der Waals surface area contributed by atoms with Gasteiger partial charge in [0.15, 0.2) is 0 Å². The van der Waals surface area contributed by atoms with Gasteiger partial charge in [0, 0.05) is 5.02 Å². The first kappa shape index (κ1) is 12.3. The highest BCUT2D eigenvalue weighted by Gasteiger charge is 2.06. The molecule has 0 aliphatic rings. The number of nitrogen functional groups attached to an aromatic ring is 1. The van der Waals surface area contributed by atoms with E-state index in [1.54, 1.807) is 18.2 Å². The highest BCUT2D eigenvalue weighted by molar-refractivity contribution is 9.10. The maximum Gasteiger partial charge on any atom is 0.150 e. The molecule has 0 aliphatic carbocycles. The van der Waals surface area contributed by atoms with Gasteiger partial charge in [-0.05, 0) is 58.7 Å². The molecule has 2 N–H and O–H groups in total. The Morgan fingerprint density at radius 1 is 1.12 bits per heavy atom. The van der Waals surface area contributed by atoms with Crippen LogP contribution in [0, 0.1) is 6.92 Å². The molecule has 2 nitrogen and oxygen atoms in total. The molecule has 0 atom stereocenters. The van der Waals surface area contributed by atoms with Crippen LogP contribution in [0.3, 0.4) is 0 Å². The van der Waals surface area contributed by atoms with E-state index in [1.807, 2.05) is 25.1 Å². The van der Waals surface area contributed by atoms with Gasteiger partial charge >= 0.3 is 0 Å². The third-order valence-corrected chi connectivity index (χ3v) is 3.13. The van der Waals surface area contributed by atoms with Crippen molar-refractivity contribution in [2.24, 2.45) is 0 Å². The summed E-state index contributed by atoms with van der Waals surface area (Å²) < 4.78 is 6.61. The molecule has 0 saturated carbocycles. The van der Waals surface area contributed by atoms with Gasteiger partial charge in [0.25, 0.3) is 0 Å². The van der Waals surface area contributed by atoms with Gasteiger partial charge in [-0.1, -0.05) is 17.7 Å². The quantitative estimate of drug-likeness (QED) is 0.810. The van der Waals surface area contributed by atoms with Crippen LogP contribution < -0.4 is 10.5 Å². The Bertz CT molecular complexity index is 508. The van der Waals surface area contributed by atoms with Crippen molar-refractivity contribution in [1.29, 1.82) is 0 Å². The fourth-order valence-electron chi connectivity index (χ4n) is 1.42. The normalized spacial score (nSPS) is 10.3. The van der Waals surface area contributed by atoms with Crippen LogP contribution in [0.4, 0.5) is 5.69 Å². The second-order valence-electron chi connectivity index (χ2n) is 3.72. The lowest BCUT2D eigenvalue weighted by Crippen LogP contribution is -1.92. The molecule has 17 heavy (non-hydrogen) atoms. The van der Waals surface area contributed by atoms with E-state index in [2.05, 4.69) is 15.9 Å². The van der Waals surface area contributed by atoms with Crippen molar-refractivity contribution in [3.05, 3.63) is 51.5 Å². The van der Waals surface area contributed by atoms with E-state index in [1.165, 1.54) is 0 Å². The fourth-order valence-corrected chi connectivity index (χ4v) is 2.17. The van der Waals surface area contributed by atoms with Crippen molar-refractivity contribution >= 4 is 33.2 Å². The molecule has 2 aromatic carbocycles. The summed E-state index contributed by atoms with van der Waals surface area (Å²) in [4.78, 5) is 0. The van der Waals surface area contributed by atoms with Crippen LogP contribution in [0.5, 0.6) is 11.5 Å². The van der Waals surface area contributed by atoms with Gasteiger partial charge in [-0.2, -0.15) is 0 Å². The Morgan fingerprint density at radius 2 is 1.82 bits per heavy atom. The molecule has 0 unspecified atom stereocenters. The molecule has 0 radical (unpaired) electrons. The van der Waals surface area contributed by atoms with E-state index in [0.717, 1.165) is 15.8 Å². The molecule has 88 valence electrons. The van der Waals surface area contributed by atoms with Gasteiger partial charge in [-0.3, -0.25) is 0 Å². The van der Waals surface area contributed by atoms with Gasteiger partial charge in [-0.15, -0.1) is 0 Å². The Hall–Kier alpha value is -1.19. The van der Waals surface area contributed by atoms with Crippen LogP contribution in [0.15, 0.2) is 40.9 Å². The fraction of sp³-hybridized carbons (Fsp3) is 0.0769. The topological polar surface area (TPSA) is 35.2 Å². The third-order valence-electron chi connectivity index (χ3n) is 2.28. The number of hydrogen-bond acceptors (Lipinski definition) is 2. The van der Waals surface area contributed by atoms with Crippen LogP contribution >= 0.6 is 27.5 Å². The molecule has 4 heteroatoms. The summed E-state index contributed by atoms with van der Waals surface area (Å²) in [7, 11) is 0. The molecule has 0 amide bonds. The van der Waals surface area contributed by atoms with Crippen molar-refractivity contribution in [1.82, 2.24) is 0 Å². The lowest BCUT2D eigenvalue weighted by Gasteiger charge is -2.10. The average molecular weight is 313 g/mol. The molecule has 0 aromatic heterocycles. The van der Waals surface area contributed by atoms with Crippen LogP contribution in [0.1, 0.15) is 5.56 Å². The number of anilines is 1. The first-order valence-corrected chi connectivity index (χ1v) is 6.22. The summed E-state index contributed by atoms with van der Waals surface area (Å²) >= 11 is 9.28. The van der Waals surface area contributed by atoms with Gasteiger partial charge < -0.3 is 10.5 Å². The van der Waals surface area contributed by atoms with Crippen LogP contribution in [-0.2, 0) is 0 Å². The maximum absolute atomic E-state index is 5.83. The Labute approximate surface area is 113 Å². The van der Waals surface area contributed by atoms with Crippen molar-refractivity contribution in [2.75, 3.05) is 5.73 Å². The summed E-state index contributed by atoms with van der Waals surface area (Å²) in [6, 6.07) is 11.0. The van der Waals surface area contributed by atoms with Crippen molar-refractivity contribution in [3.8, 4) is 11.5 Å². The van der Waals surface area contributed by atoms with E-state index in [0.29, 0.717) is 16.5 Å². The number of halogens is 2. The Balaban J connectivity index is 2.31. The maximum atomic E-state index is 5.83. The number of benzene rings is 2. The van der Waals surface area contributed by atoms with E-state index in [-0.39, 0.29) is 0 Å². The monoisotopic (exact) mass is 311 g/mol. The largest absolute Gasteiger partial charge is 0.454 e. The van der Waals surface area contributed by atoms with Crippen molar-refractivity contribution < 1.29 is 4.74 Å². The number of rotatable bonds is 2. The first-order chi connectivity index (χ1) is 8.06. The first-order valence-electron chi connectivity index (χ1n) is 5.05. The lowest BCUT2D eigenvalue weighted by molar-refractivity contribution is 0.482. The standard InChI is InChI=1S/C13H11BrClNO/c1-8-2-4-12(10(14)6-8)17-13-5-3-9(15)7-11(13)16/h2-7H,16H2,1H3. The molecule has 2 rings (SSSR count). The number of nitrogens with two attached hydrogens (primary N) is 1. The summed E-state index contributed by atoms with van der Waals surface area (Å²) in [5, 5.41) is 0.595. The number of aryl methyl sites for hydroxylation is 1. The van der Waals surface area contributed by atoms with Crippen LogP contribution in [0.25, 0.3) is 0 Å². The molecule has 0 aliphatic heterocycles. The minimum Gasteiger partial charge on any atom is -0.454 e. The smallest absolute Gasteiger partial charge is 0.150 e. The predicted molar refractivity (Wildman–Crippen MR) is 74.8 cm³/mol. The molecule has 0 heterocycles. The zero-order chi connectivity index (χ0) is 12.4. The molecule has 0 saturated heterocycles. The second-order valence-corrected chi connectivity index (χ2v) is 5.01. The van der Waals surface area contributed by atoms with E-state index >= 15 is 0 Å². The minimum atomic E-state index is 0.518. The van der Waals surface area contributed by atoms with Gasteiger partial charge in [0.05, 0.1) is 10.2 Å².